The number of hydrogen-bond acceptors (Lipinski definition) is 3. The van der Waals surface area contributed by atoms with Gasteiger partial charge >= 0.3 is 5.97 Å². The summed E-state index contributed by atoms with van der Waals surface area (Å²) in [5.41, 5.74) is 0.827. The lowest BCUT2D eigenvalue weighted by Crippen LogP contribution is -2.34. The Morgan fingerprint density at radius 2 is 2.10 bits per heavy atom. The van der Waals surface area contributed by atoms with Gasteiger partial charge in [-0.05, 0) is 46.8 Å². The predicted molar refractivity (Wildman–Crippen MR) is 84.8 cm³/mol. The number of nitrogens with zero attached hydrogens (tertiary/aromatic N) is 2. The van der Waals surface area contributed by atoms with Crippen LogP contribution in [0.25, 0.3) is 11.0 Å². The monoisotopic (exact) mass is 308 g/mol. The second-order valence-corrected chi connectivity index (χ2v) is 6.26. The van der Waals surface area contributed by atoms with E-state index in [2.05, 4.69) is 18.8 Å². The van der Waals surface area contributed by atoms with Crippen LogP contribution in [0.15, 0.2) is 18.2 Å². The van der Waals surface area contributed by atoms with Gasteiger partial charge in [-0.2, -0.15) is 0 Å². The molecular weight excluding hydrogens is 288 g/mol. The molecular formula is C16H21ClN2O2. The maximum absolute atomic E-state index is 12.3. The van der Waals surface area contributed by atoms with E-state index in [0.717, 1.165) is 11.0 Å². The van der Waals surface area contributed by atoms with Crippen LogP contribution in [-0.4, -0.2) is 22.1 Å². The first-order chi connectivity index (χ1) is 9.80. The van der Waals surface area contributed by atoms with E-state index in [-0.39, 0.29) is 12.0 Å². The van der Waals surface area contributed by atoms with Gasteiger partial charge in [0.25, 0.3) is 0 Å². The average Bonchev–Trinajstić information content (AvgIpc) is 2.80. The number of para-hydroxylation sites is 1. The molecule has 2 aromatic rings. The van der Waals surface area contributed by atoms with E-state index in [9.17, 15) is 4.79 Å². The first kappa shape index (κ1) is 15.8. The van der Waals surface area contributed by atoms with Crippen LogP contribution in [0, 0.1) is 0 Å². The van der Waals surface area contributed by atoms with Gasteiger partial charge in [0.2, 0.25) is 0 Å². The lowest BCUT2D eigenvalue weighted by molar-refractivity contribution is -0.149. The van der Waals surface area contributed by atoms with E-state index in [1.54, 1.807) is 6.92 Å². The molecule has 2 rings (SSSR count). The smallest absolute Gasteiger partial charge is 0.319 e. The zero-order valence-corrected chi connectivity index (χ0v) is 13.9. The highest BCUT2D eigenvalue weighted by Gasteiger charge is 2.37. The Labute approximate surface area is 130 Å². The molecule has 21 heavy (non-hydrogen) atoms. The van der Waals surface area contributed by atoms with Crippen molar-refractivity contribution in [3.05, 3.63) is 29.0 Å². The zero-order chi connectivity index (χ0) is 15.8. The average molecular weight is 309 g/mol. The quantitative estimate of drug-likeness (QED) is 0.798. The number of esters is 1. The normalized spacial score (nSPS) is 12.1. The van der Waals surface area contributed by atoms with E-state index in [1.165, 1.54) is 0 Å². The molecule has 0 atom stereocenters. The molecule has 0 saturated heterocycles. The van der Waals surface area contributed by atoms with E-state index in [0.29, 0.717) is 17.5 Å². The molecule has 1 aromatic carbocycles. The summed E-state index contributed by atoms with van der Waals surface area (Å²) >= 11 is 6.33. The minimum Gasteiger partial charge on any atom is -0.465 e. The largest absolute Gasteiger partial charge is 0.465 e. The Balaban J connectivity index is 2.72. The van der Waals surface area contributed by atoms with Gasteiger partial charge in [-0.3, -0.25) is 4.79 Å². The number of hydrogen-bond donors (Lipinski definition) is 0. The van der Waals surface area contributed by atoms with Crippen LogP contribution >= 0.6 is 11.6 Å². The van der Waals surface area contributed by atoms with Crippen molar-refractivity contribution in [2.24, 2.45) is 0 Å². The molecule has 0 aliphatic rings. The van der Waals surface area contributed by atoms with E-state index in [1.807, 2.05) is 36.6 Å². The molecule has 0 fully saturated rings. The minimum atomic E-state index is -0.831. The van der Waals surface area contributed by atoms with Crippen molar-refractivity contribution in [1.82, 2.24) is 9.55 Å². The third-order valence-corrected chi connectivity index (χ3v) is 3.83. The third kappa shape index (κ3) is 2.64. The molecule has 0 N–H and O–H groups in total. The van der Waals surface area contributed by atoms with Crippen molar-refractivity contribution in [2.75, 3.05) is 6.61 Å². The molecule has 1 aromatic heterocycles. The Morgan fingerprint density at radius 1 is 1.43 bits per heavy atom. The predicted octanol–water partition coefficient (Wildman–Crippen LogP) is 4.11. The molecule has 4 nitrogen and oxygen atoms in total. The van der Waals surface area contributed by atoms with Gasteiger partial charge in [0.15, 0.2) is 0 Å². The fourth-order valence-electron chi connectivity index (χ4n) is 2.45. The molecule has 0 saturated carbocycles. The molecule has 1 heterocycles. The van der Waals surface area contributed by atoms with Crippen molar-refractivity contribution in [1.29, 1.82) is 0 Å². The molecule has 0 aliphatic heterocycles. The summed E-state index contributed by atoms with van der Waals surface area (Å²) in [4.78, 5) is 16.9. The maximum Gasteiger partial charge on any atom is 0.319 e. The second kappa shape index (κ2) is 5.68. The van der Waals surface area contributed by atoms with Crippen molar-refractivity contribution in [2.45, 2.75) is 46.1 Å². The number of carbonyl (C=O) groups excluding carboxylic acids is 1. The first-order valence-electron chi connectivity index (χ1n) is 7.14. The first-order valence-corrected chi connectivity index (χ1v) is 7.52. The zero-order valence-electron chi connectivity index (χ0n) is 13.1. The highest BCUT2D eigenvalue weighted by Crippen LogP contribution is 2.33. The molecule has 0 radical (unpaired) electrons. The Hall–Kier alpha value is -1.55. The van der Waals surface area contributed by atoms with Crippen molar-refractivity contribution in [3.63, 3.8) is 0 Å². The third-order valence-electron chi connectivity index (χ3n) is 3.52. The van der Waals surface area contributed by atoms with Gasteiger partial charge in [0.05, 0.1) is 22.7 Å². The number of halogens is 1. The highest BCUT2D eigenvalue weighted by molar-refractivity contribution is 6.35. The number of fused-ring (bicyclic) bond motifs is 1. The van der Waals surface area contributed by atoms with Gasteiger partial charge in [-0.15, -0.1) is 0 Å². The Bertz CT molecular complexity index is 674. The second-order valence-electron chi connectivity index (χ2n) is 5.85. The van der Waals surface area contributed by atoms with Crippen molar-refractivity contribution < 1.29 is 9.53 Å². The summed E-state index contributed by atoms with van der Waals surface area (Å²) in [6.07, 6.45) is 0. The number of benzene rings is 1. The molecule has 0 amide bonds. The summed E-state index contributed by atoms with van der Waals surface area (Å²) in [7, 11) is 0. The molecule has 0 aliphatic carbocycles. The van der Waals surface area contributed by atoms with Crippen LogP contribution in [0.3, 0.4) is 0 Å². The fourth-order valence-corrected chi connectivity index (χ4v) is 2.71. The van der Waals surface area contributed by atoms with Gasteiger partial charge in [-0.1, -0.05) is 17.7 Å². The number of carbonyl (C=O) groups is 1. The van der Waals surface area contributed by atoms with Crippen molar-refractivity contribution >= 4 is 28.6 Å². The molecule has 114 valence electrons. The van der Waals surface area contributed by atoms with Crippen molar-refractivity contribution in [3.8, 4) is 0 Å². The maximum atomic E-state index is 12.3. The standard InChI is InChI=1S/C16H21ClN2O2/c1-6-21-15(20)16(4,5)14-18-12-9-7-8-11(17)13(12)19(14)10(2)3/h7-10H,6H2,1-5H3. The number of aromatic nitrogens is 2. The molecule has 0 spiro atoms. The minimum absolute atomic E-state index is 0.138. The van der Waals surface area contributed by atoms with Gasteiger partial charge in [-0.25, -0.2) is 4.98 Å². The number of imidazole rings is 1. The topological polar surface area (TPSA) is 44.1 Å². The van der Waals surface area contributed by atoms with Crippen LogP contribution in [0.2, 0.25) is 5.02 Å². The SMILES string of the molecule is CCOC(=O)C(C)(C)c1nc2cccc(Cl)c2n1C(C)C. The molecule has 5 heteroatoms. The van der Waals surface area contributed by atoms with Crippen LogP contribution in [0.4, 0.5) is 0 Å². The molecule has 0 unspecified atom stereocenters. The summed E-state index contributed by atoms with van der Waals surface area (Å²) in [5, 5.41) is 0.639. The summed E-state index contributed by atoms with van der Waals surface area (Å²) < 4.78 is 7.22. The van der Waals surface area contributed by atoms with Gasteiger partial charge in [0.1, 0.15) is 11.2 Å². The number of ether oxygens (including phenoxy) is 1. The summed E-state index contributed by atoms with van der Waals surface area (Å²) in [6.45, 7) is 9.92. The van der Waals surface area contributed by atoms with E-state index in [4.69, 9.17) is 16.3 Å². The van der Waals surface area contributed by atoms with Crippen LogP contribution in [0.1, 0.15) is 46.5 Å². The Kier molecular flexibility index (Phi) is 4.28. The highest BCUT2D eigenvalue weighted by atomic mass is 35.5. The van der Waals surface area contributed by atoms with Crippen LogP contribution in [-0.2, 0) is 14.9 Å². The fraction of sp³-hybridized carbons (Fsp3) is 0.500. The van der Waals surface area contributed by atoms with Crippen LogP contribution in [0.5, 0.6) is 0 Å². The van der Waals surface area contributed by atoms with E-state index < -0.39 is 5.41 Å². The van der Waals surface area contributed by atoms with Gasteiger partial charge in [0, 0.05) is 6.04 Å². The number of rotatable bonds is 4. The summed E-state index contributed by atoms with van der Waals surface area (Å²) in [6, 6.07) is 5.75. The lowest BCUT2D eigenvalue weighted by Gasteiger charge is -2.25. The van der Waals surface area contributed by atoms with E-state index >= 15 is 0 Å². The summed E-state index contributed by atoms with van der Waals surface area (Å²) in [5.74, 6) is 0.400. The Morgan fingerprint density at radius 3 is 2.67 bits per heavy atom. The van der Waals surface area contributed by atoms with Crippen LogP contribution < -0.4 is 0 Å². The van der Waals surface area contributed by atoms with Gasteiger partial charge < -0.3 is 9.30 Å². The molecule has 0 bridgehead atoms. The lowest BCUT2D eigenvalue weighted by atomic mass is 9.92.